The Morgan fingerprint density at radius 1 is 1.21 bits per heavy atom. The van der Waals surface area contributed by atoms with E-state index in [-0.39, 0.29) is 5.69 Å². The molecule has 0 aliphatic heterocycles. The SMILES string of the molecule is O=C(O)c1cccc2c(Br)nc(-c3ccccn3)n12. The van der Waals surface area contributed by atoms with Crippen molar-refractivity contribution in [2.75, 3.05) is 0 Å². The summed E-state index contributed by atoms with van der Waals surface area (Å²) in [6, 6.07) is 10.5. The Hall–Kier alpha value is -2.21. The molecule has 94 valence electrons. The number of fused-ring (bicyclic) bond motifs is 1. The molecule has 0 fully saturated rings. The van der Waals surface area contributed by atoms with Gasteiger partial charge >= 0.3 is 5.97 Å². The van der Waals surface area contributed by atoms with Crippen LogP contribution in [0.1, 0.15) is 10.5 Å². The number of carboxylic acids is 1. The lowest BCUT2D eigenvalue weighted by atomic mass is 10.3. The molecular weight excluding hydrogens is 310 g/mol. The fourth-order valence-electron chi connectivity index (χ4n) is 1.93. The van der Waals surface area contributed by atoms with Gasteiger partial charge in [0, 0.05) is 6.20 Å². The highest BCUT2D eigenvalue weighted by Crippen LogP contribution is 2.26. The van der Waals surface area contributed by atoms with Crippen molar-refractivity contribution in [1.82, 2.24) is 14.4 Å². The molecule has 19 heavy (non-hydrogen) atoms. The topological polar surface area (TPSA) is 67.5 Å². The number of nitrogens with zero attached hydrogens (tertiary/aromatic N) is 3. The zero-order valence-electron chi connectivity index (χ0n) is 9.62. The zero-order valence-corrected chi connectivity index (χ0v) is 11.2. The molecule has 0 unspecified atom stereocenters. The molecule has 3 heterocycles. The number of hydrogen-bond donors (Lipinski definition) is 1. The second-order valence-corrected chi connectivity index (χ2v) is 4.63. The molecule has 0 spiro atoms. The van der Waals surface area contributed by atoms with Gasteiger partial charge in [-0.1, -0.05) is 12.1 Å². The van der Waals surface area contributed by atoms with Crippen molar-refractivity contribution < 1.29 is 9.90 Å². The first-order valence-corrected chi connectivity index (χ1v) is 6.29. The van der Waals surface area contributed by atoms with Crippen LogP contribution in [0.5, 0.6) is 0 Å². The van der Waals surface area contributed by atoms with E-state index in [1.54, 1.807) is 34.9 Å². The molecule has 0 radical (unpaired) electrons. The fraction of sp³-hybridized carbons (Fsp3) is 0. The Kier molecular flexibility index (Phi) is 2.79. The molecular formula is C13H8BrN3O2. The average Bonchev–Trinajstić information content (AvgIpc) is 2.77. The molecule has 3 aromatic heterocycles. The van der Waals surface area contributed by atoms with Crippen LogP contribution in [-0.2, 0) is 0 Å². The quantitative estimate of drug-likeness (QED) is 0.789. The molecule has 0 atom stereocenters. The first-order valence-electron chi connectivity index (χ1n) is 5.50. The third kappa shape index (κ3) is 1.90. The Morgan fingerprint density at radius 3 is 2.74 bits per heavy atom. The zero-order chi connectivity index (χ0) is 13.4. The molecule has 0 bridgehead atoms. The minimum atomic E-state index is -1.01. The van der Waals surface area contributed by atoms with E-state index in [0.29, 0.717) is 21.6 Å². The molecule has 1 N–H and O–H groups in total. The molecule has 5 nitrogen and oxygen atoms in total. The number of hydrogen-bond acceptors (Lipinski definition) is 3. The van der Waals surface area contributed by atoms with Crippen LogP contribution in [0, 0.1) is 0 Å². The Bertz CT molecular complexity index is 768. The van der Waals surface area contributed by atoms with E-state index in [4.69, 9.17) is 0 Å². The molecule has 0 aromatic carbocycles. The van der Waals surface area contributed by atoms with E-state index in [0.717, 1.165) is 0 Å². The van der Waals surface area contributed by atoms with E-state index < -0.39 is 5.97 Å². The van der Waals surface area contributed by atoms with Gasteiger partial charge < -0.3 is 5.11 Å². The van der Waals surface area contributed by atoms with Gasteiger partial charge in [-0.3, -0.25) is 9.38 Å². The van der Waals surface area contributed by atoms with Crippen LogP contribution in [0.3, 0.4) is 0 Å². The van der Waals surface area contributed by atoms with Gasteiger partial charge in [-0.25, -0.2) is 9.78 Å². The summed E-state index contributed by atoms with van der Waals surface area (Å²) in [5, 5.41) is 9.28. The summed E-state index contributed by atoms with van der Waals surface area (Å²) in [5.74, 6) is -0.506. The molecule has 6 heteroatoms. The van der Waals surface area contributed by atoms with Crippen molar-refractivity contribution in [1.29, 1.82) is 0 Å². The van der Waals surface area contributed by atoms with Gasteiger partial charge in [-0.05, 0) is 40.2 Å². The van der Waals surface area contributed by atoms with E-state index >= 15 is 0 Å². The lowest BCUT2D eigenvalue weighted by Crippen LogP contribution is -2.06. The maximum absolute atomic E-state index is 11.3. The highest BCUT2D eigenvalue weighted by atomic mass is 79.9. The highest BCUT2D eigenvalue weighted by molar-refractivity contribution is 9.10. The summed E-state index contributed by atoms with van der Waals surface area (Å²) in [4.78, 5) is 19.9. The fourth-order valence-corrected chi connectivity index (χ4v) is 2.41. The van der Waals surface area contributed by atoms with Gasteiger partial charge in [0.25, 0.3) is 0 Å². The van der Waals surface area contributed by atoms with Crippen molar-refractivity contribution in [2.45, 2.75) is 0 Å². The molecule has 0 saturated carbocycles. The van der Waals surface area contributed by atoms with Crippen LogP contribution in [0.25, 0.3) is 17.0 Å². The molecule has 3 rings (SSSR count). The third-order valence-corrected chi connectivity index (χ3v) is 3.31. The molecule has 0 aliphatic carbocycles. The summed E-state index contributed by atoms with van der Waals surface area (Å²) in [7, 11) is 0. The van der Waals surface area contributed by atoms with E-state index in [1.807, 2.05) is 6.07 Å². The van der Waals surface area contributed by atoms with Gasteiger partial charge in [0.15, 0.2) is 5.82 Å². The summed E-state index contributed by atoms with van der Waals surface area (Å²) in [6.07, 6.45) is 1.65. The van der Waals surface area contributed by atoms with Gasteiger partial charge in [0.2, 0.25) is 0 Å². The summed E-state index contributed by atoms with van der Waals surface area (Å²) in [5.41, 5.74) is 1.47. The van der Waals surface area contributed by atoms with Gasteiger partial charge in [-0.2, -0.15) is 0 Å². The first kappa shape index (κ1) is 11.9. The van der Waals surface area contributed by atoms with Crippen molar-refractivity contribution in [2.24, 2.45) is 0 Å². The molecule has 0 saturated heterocycles. The van der Waals surface area contributed by atoms with Crippen molar-refractivity contribution >= 4 is 27.4 Å². The third-order valence-electron chi connectivity index (χ3n) is 2.73. The molecule has 0 aliphatic rings. The number of halogens is 1. The number of rotatable bonds is 2. The van der Waals surface area contributed by atoms with Gasteiger partial charge in [0.1, 0.15) is 16.0 Å². The number of aromatic nitrogens is 3. The largest absolute Gasteiger partial charge is 0.477 e. The lowest BCUT2D eigenvalue weighted by molar-refractivity contribution is 0.0689. The maximum atomic E-state index is 11.3. The van der Waals surface area contributed by atoms with Crippen LogP contribution < -0.4 is 0 Å². The van der Waals surface area contributed by atoms with Crippen LogP contribution in [-0.4, -0.2) is 25.4 Å². The van der Waals surface area contributed by atoms with Crippen LogP contribution in [0.4, 0.5) is 0 Å². The summed E-state index contributed by atoms with van der Waals surface area (Å²) < 4.78 is 2.17. The Balaban J connectivity index is 2.40. The second kappa shape index (κ2) is 4.47. The summed E-state index contributed by atoms with van der Waals surface area (Å²) in [6.45, 7) is 0. The number of imidazole rings is 1. The number of pyridine rings is 2. The highest BCUT2D eigenvalue weighted by Gasteiger charge is 2.17. The average molecular weight is 318 g/mol. The predicted octanol–water partition coefficient (Wildman–Crippen LogP) is 2.86. The normalized spacial score (nSPS) is 10.8. The van der Waals surface area contributed by atoms with E-state index in [9.17, 15) is 9.90 Å². The number of carbonyl (C=O) groups is 1. The minimum absolute atomic E-state index is 0.149. The Morgan fingerprint density at radius 2 is 2.05 bits per heavy atom. The molecule has 3 aromatic rings. The van der Waals surface area contributed by atoms with Crippen molar-refractivity contribution in [3.05, 3.63) is 52.9 Å². The lowest BCUT2D eigenvalue weighted by Gasteiger charge is -2.04. The maximum Gasteiger partial charge on any atom is 0.352 e. The Labute approximate surface area is 116 Å². The standard InChI is InChI=1S/C13H8BrN3O2/c14-11-9-5-3-6-10(13(18)19)17(9)12(16-11)8-4-1-2-7-15-8/h1-7H,(H,18,19). The monoisotopic (exact) mass is 317 g/mol. The molecule has 0 amide bonds. The van der Waals surface area contributed by atoms with E-state index in [1.165, 1.54) is 6.07 Å². The first-order chi connectivity index (χ1) is 9.18. The number of carboxylic acid groups (broad SMARTS) is 1. The van der Waals surface area contributed by atoms with Crippen LogP contribution >= 0.6 is 15.9 Å². The van der Waals surface area contributed by atoms with Crippen LogP contribution in [0.2, 0.25) is 0 Å². The van der Waals surface area contributed by atoms with E-state index in [2.05, 4.69) is 25.9 Å². The predicted molar refractivity (Wildman–Crippen MR) is 73.1 cm³/mol. The van der Waals surface area contributed by atoms with Crippen molar-refractivity contribution in [3.63, 3.8) is 0 Å². The van der Waals surface area contributed by atoms with Gasteiger partial charge in [-0.15, -0.1) is 0 Å². The second-order valence-electron chi connectivity index (χ2n) is 3.88. The smallest absolute Gasteiger partial charge is 0.352 e. The van der Waals surface area contributed by atoms with Crippen LogP contribution in [0.15, 0.2) is 47.2 Å². The minimum Gasteiger partial charge on any atom is -0.477 e. The summed E-state index contributed by atoms with van der Waals surface area (Å²) >= 11 is 3.35. The number of aromatic carboxylic acids is 1. The van der Waals surface area contributed by atoms with Gasteiger partial charge in [0.05, 0.1) is 5.52 Å². The van der Waals surface area contributed by atoms with Crippen molar-refractivity contribution in [3.8, 4) is 11.5 Å².